The van der Waals surface area contributed by atoms with Crippen molar-refractivity contribution in [3.8, 4) is 0 Å². The lowest BCUT2D eigenvalue weighted by atomic mass is 10.1. The zero-order chi connectivity index (χ0) is 7.40. The molecule has 0 aromatic heterocycles. The normalized spacial score (nSPS) is 31.2. The highest BCUT2D eigenvalue weighted by Crippen LogP contribution is 2.04. The predicted molar refractivity (Wildman–Crippen MR) is 44.2 cm³/mol. The molecule has 0 aromatic rings. The molecule has 1 heterocycles. The SMILES string of the molecule is CC1CCCNCCN1C. The van der Waals surface area contributed by atoms with Crippen molar-refractivity contribution in [1.82, 2.24) is 10.2 Å². The molecule has 2 heteroatoms. The van der Waals surface area contributed by atoms with Gasteiger partial charge in [-0.05, 0) is 33.4 Å². The van der Waals surface area contributed by atoms with Crippen LogP contribution >= 0.6 is 0 Å². The van der Waals surface area contributed by atoms with Crippen LogP contribution in [-0.2, 0) is 0 Å². The maximum absolute atomic E-state index is 3.40. The van der Waals surface area contributed by atoms with E-state index in [1.165, 1.54) is 25.9 Å². The monoisotopic (exact) mass is 142 g/mol. The molecule has 0 amide bonds. The number of nitrogens with zero attached hydrogens (tertiary/aromatic N) is 1. The Kier molecular flexibility index (Phi) is 3.16. The summed E-state index contributed by atoms with van der Waals surface area (Å²) in [6, 6.07) is 0.780. The maximum atomic E-state index is 3.40. The highest BCUT2D eigenvalue weighted by molar-refractivity contribution is 4.68. The molecule has 1 N–H and O–H groups in total. The van der Waals surface area contributed by atoms with Crippen molar-refractivity contribution >= 4 is 0 Å². The lowest BCUT2D eigenvalue weighted by Crippen LogP contribution is -2.38. The van der Waals surface area contributed by atoms with Gasteiger partial charge in [0, 0.05) is 19.1 Å². The first-order valence-corrected chi connectivity index (χ1v) is 4.21. The first-order valence-electron chi connectivity index (χ1n) is 4.21. The summed E-state index contributed by atoms with van der Waals surface area (Å²) in [6.45, 7) is 5.87. The molecular weight excluding hydrogens is 124 g/mol. The molecule has 0 aromatic carbocycles. The summed E-state index contributed by atoms with van der Waals surface area (Å²) in [6.07, 6.45) is 2.66. The highest BCUT2D eigenvalue weighted by Gasteiger charge is 2.09. The summed E-state index contributed by atoms with van der Waals surface area (Å²) >= 11 is 0. The minimum atomic E-state index is 0.780. The van der Waals surface area contributed by atoms with Gasteiger partial charge in [0.15, 0.2) is 0 Å². The van der Waals surface area contributed by atoms with Crippen molar-refractivity contribution in [3.63, 3.8) is 0 Å². The summed E-state index contributed by atoms with van der Waals surface area (Å²) in [5.74, 6) is 0. The molecule has 10 heavy (non-hydrogen) atoms. The largest absolute Gasteiger partial charge is 0.315 e. The van der Waals surface area contributed by atoms with Crippen molar-refractivity contribution < 1.29 is 0 Å². The van der Waals surface area contributed by atoms with E-state index in [1.54, 1.807) is 0 Å². The van der Waals surface area contributed by atoms with E-state index in [9.17, 15) is 0 Å². The van der Waals surface area contributed by atoms with Crippen LogP contribution in [0, 0.1) is 0 Å². The minimum absolute atomic E-state index is 0.780. The number of nitrogens with one attached hydrogen (secondary N) is 1. The lowest BCUT2D eigenvalue weighted by molar-refractivity contribution is 0.229. The van der Waals surface area contributed by atoms with Crippen molar-refractivity contribution in [2.45, 2.75) is 25.8 Å². The first-order chi connectivity index (χ1) is 4.80. The molecule has 1 unspecified atom stereocenters. The van der Waals surface area contributed by atoms with Gasteiger partial charge in [-0.25, -0.2) is 0 Å². The van der Waals surface area contributed by atoms with Crippen LogP contribution < -0.4 is 5.32 Å². The average Bonchev–Trinajstić information content (AvgIpc) is 1.92. The van der Waals surface area contributed by atoms with Gasteiger partial charge < -0.3 is 10.2 Å². The second-order valence-electron chi connectivity index (χ2n) is 3.22. The molecule has 0 aliphatic carbocycles. The molecule has 1 fully saturated rings. The van der Waals surface area contributed by atoms with E-state index in [4.69, 9.17) is 0 Å². The summed E-state index contributed by atoms with van der Waals surface area (Å²) < 4.78 is 0. The number of likely N-dealkylation sites (N-methyl/N-ethyl adjacent to an activating group) is 1. The highest BCUT2D eigenvalue weighted by atomic mass is 15.1. The van der Waals surface area contributed by atoms with E-state index in [-0.39, 0.29) is 0 Å². The zero-order valence-electron chi connectivity index (χ0n) is 7.06. The summed E-state index contributed by atoms with van der Waals surface area (Å²) in [7, 11) is 2.21. The quantitative estimate of drug-likeness (QED) is 0.535. The topological polar surface area (TPSA) is 15.3 Å². The lowest BCUT2D eigenvalue weighted by Gasteiger charge is -2.27. The van der Waals surface area contributed by atoms with Crippen molar-refractivity contribution in [2.75, 3.05) is 26.7 Å². The van der Waals surface area contributed by atoms with E-state index < -0.39 is 0 Å². The van der Waals surface area contributed by atoms with Gasteiger partial charge >= 0.3 is 0 Å². The van der Waals surface area contributed by atoms with Gasteiger partial charge in [0.1, 0.15) is 0 Å². The van der Waals surface area contributed by atoms with E-state index in [1.807, 2.05) is 0 Å². The van der Waals surface area contributed by atoms with E-state index in [0.29, 0.717) is 0 Å². The smallest absolute Gasteiger partial charge is 0.0107 e. The van der Waals surface area contributed by atoms with Gasteiger partial charge in [0.2, 0.25) is 0 Å². The van der Waals surface area contributed by atoms with Crippen molar-refractivity contribution in [1.29, 1.82) is 0 Å². The fourth-order valence-electron chi connectivity index (χ4n) is 1.34. The van der Waals surface area contributed by atoms with Crippen LogP contribution in [0.25, 0.3) is 0 Å². The van der Waals surface area contributed by atoms with Gasteiger partial charge in [-0.1, -0.05) is 0 Å². The standard InChI is InChI=1S/C8H18N2/c1-8-4-3-5-9-6-7-10(8)2/h8-9H,3-7H2,1-2H3. The van der Waals surface area contributed by atoms with E-state index >= 15 is 0 Å². The summed E-state index contributed by atoms with van der Waals surface area (Å²) in [4.78, 5) is 2.42. The molecule has 60 valence electrons. The Labute approximate surface area is 63.6 Å². The Morgan fingerprint density at radius 2 is 2.20 bits per heavy atom. The molecular formula is C8H18N2. The zero-order valence-corrected chi connectivity index (χ0v) is 7.06. The molecule has 0 bridgehead atoms. The first kappa shape index (κ1) is 8.02. The second-order valence-corrected chi connectivity index (χ2v) is 3.22. The Morgan fingerprint density at radius 3 is 3.00 bits per heavy atom. The van der Waals surface area contributed by atoms with Crippen LogP contribution in [0.2, 0.25) is 0 Å². The second kappa shape index (κ2) is 3.94. The molecule has 1 rings (SSSR count). The molecule has 0 spiro atoms. The Bertz CT molecular complexity index is 81.3. The third kappa shape index (κ3) is 2.27. The van der Waals surface area contributed by atoms with Gasteiger partial charge in [-0.15, -0.1) is 0 Å². The van der Waals surface area contributed by atoms with Crippen LogP contribution in [0.1, 0.15) is 19.8 Å². The Hall–Kier alpha value is -0.0800. The fourth-order valence-corrected chi connectivity index (χ4v) is 1.34. The molecule has 0 saturated carbocycles. The number of rotatable bonds is 0. The van der Waals surface area contributed by atoms with E-state index in [2.05, 4.69) is 24.2 Å². The fraction of sp³-hybridized carbons (Fsp3) is 1.00. The average molecular weight is 142 g/mol. The maximum Gasteiger partial charge on any atom is 0.0107 e. The molecule has 1 atom stereocenters. The minimum Gasteiger partial charge on any atom is -0.315 e. The van der Waals surface area contributed by atoms with Crippen LogP contribution in [0.5, 0.6) is 0 Å². The van der Waals surface area contributed by atoms with Crippen LogP contribution in [0.15, 0.2) is 0 Å². The number of hydrogen-bond donors (Lipinski definition) is 1. The van der Waals surface area contributed by atoms with Gasteiger partial charge in [-0.2, -0.15) is 0 Å². The Balaban J connectivity index is 2.28. The third-order valence-electron chi connectivity index (χ3n) is 2.37. The summed E-state index contributed by atoms with van der Waals surface area (Å²) in [5, 5.41) is 3.40. The molecule has 1 saturated heterocycles. The van der Waals surface area contributed by atoms with Crippen LogP contribution in [0.3, 0.4) is 0 Å². The predicted octanol–water partition coefficient (Wildman–Crippen LogP) is 0.690. The van der Waals surface area contributed by atoms with Gasteiger partial charge in [-0.3, -0.25) is 0 Å². The third-order valence-corrected chi connectivity index (χ3v) is 2.37. The molecule has 2 nitrogen and oxygen atoms in total. The summed E-state index contributed by atoms with van der Waals surface area (Å²) in [5.41, 5.74) is 0. The molecule has 1 aliphatic heterocycles. The Morgan fingerprint density at radius 1 is 1.40 bits per heavy atom. The van der Waals surface area contributed by atoms with Gasteiger partial charge in [0.25, 0.3) is 0 Å². The van der Waals surface area contributed by atoms with Crippen molar-refractivity contribution in [3.05, 3.63) is 0 Å². The van der Waals surface area contributed by atoms with Gasteiger partial charge in [0.05, 0.1) is 0 Å². The molecule has 0 radical (unpaired) electrons. The molecule has 1 aliphatic rings. The van der Waals surface area contributed by atoms with Crippen LogP contribution in [0.4, 0.5) is 0 Å². The number of hydrogen-bond acceptors (Lipinski definition) is 2. The van der Waals surface area contributed by atoms with Crippen molar-refractivity contribution in [2.24, 2.45) is 0 Å². The van der Waals surface area contributed by atoms with Crippen LogP contribution in [-0.4, -0.2) is 37.6 Å². The van der Waals surface area contributed by atoms with E-state index in [0.717, 1.165) is 12.6 Å².